The van der Waals surface area contributed by atoms with Crippen LogP contribution in [-0.4, -0.2) is 30.3 Å². The number of rotatable bonds is 8. The van der Waals surface area contributed by atoms with Crippen molar-refractivity contribution in [3.05, 3.63) is 70.5 Å². The quantitative estimate of drug-likeness (QED) is 0.319. The summed E-state index contributed by atoms with van der Waals surface area (Å²) in [6.07, 6.45) is 0.938. The van der Waals surface area contributed by atoms with Crippen LogP contribution in [0.4, 0.5) is 5.69 Å². The monoisotopic (exact) mass is 406 g/mol. The highest BCUT2D eigenvalue weighted by molar-refractivity contribution is 5.62. The van der Waals surface area contributed by atoms with Crippen LogP contribution in [0.15, 0.2) is 59.1 Å². The van der Waals surface area contributed by atoms with Crippen LogP contribution in [0.2, 0.25) is 0 Å². The Labute approximate surface area is 171 Å². The fraction of sp³-hybridized carbons (Fsp3) is 0.200. The molecule has 152 valence electrons. The van der Waals surface area contributed by atoms with Gasteiger partial charge in [0.15, 0.2) is 5.76 Å². The largest absolute Gasteiger partial charge is 0.486 e. The van der Waals surface area contributed by atoms with Gasteiger partial charge in [-0.15, -0.1) is 10.2 Å². The molecule has 0 amide bonds. The van der Waals surface area contributed by atoms with Crippen LogP contribution < -0.4 is 4.74 Å². The molecule has 0 radical (unpaired) electrons. The smallest absolute Gasteiger partial charge is 0.270 e. The molecule has 0 aliphatic rings. The normalized spacial score (nSPS) is 10.8. The maximum atomic E-state index is 10.9. The number of aromatic nitrogens is 5. The molecule has 0 spiro atoms. The molecule has 2 heterocycles. The lowest BCUT2D eigenvalue weighted by molar-refractivity contribution is -0.384. The lowest BCUT2D eigenvalue weighted by atomic mass is 10.1. The summed E-state index contributed by atoms with van der Waals surface area (Å²) in [7, 11) is 0. The van der Waals surface area contributed by atoms with Gasteiger partial charge in [-0.2, -0.15) is 4.80 Å². The molecule has 0 unspecified atom stereocenters. The molecule has 0 atom stereocenters. The SMILES string of the molecule is CCCn1nnc(-c2ccc(OCc3cc(-c4cccc([N+](=O)[O-])c4)no3)cc2)n1. The number of non-ortho nitro benzene ring substituents is 1. The zero-order valence-corrected chi connectivity index (χ0v) is 16.1. The minimum Gasteiger partial charge on any atom is -0.486 e. The van der Waals surface area contributed by atoms with E-state index in [1.807, 2.05) is 24.3 Å². The average molecular weight is 406 g/mol. The van der Waals surface area contributed by atoms with Gasteiger partial charge in [0.2, 0.25) is 5.82 Å². The Morgan fingerprint density at radius 1 is 1.13 bits per heavy atom. The van der Waals surface area contributed by atoms with Gasteiger partial charge in [0.1, 0.15) is 18.1 Å². The van der Waals surface area contributed by atoms with Gasteiger partial charge in [0.05, 0.1) is 11.5 Å². The second-order valence-electron chi connectivity index (χ2n) is 6.51. The Morgan fingerprint density at radius 3 is 2.73 bits per heavy atom. The predicted octanol–water partition coefficient (Wildman–Crippen LogP) is 3.89. The van der Waals surface area contributed by atoms with Crippen LogP contribution in [-0.2, 0) is 13.2 Å². The Bertz CT molecular complexity index is 1150. The van der Waals surface area contributed by atoms with E-state index >= 15 is 0 Å². The summed E-state index contributed by atoms with van der Waals surface area (Å²) in [6, 6.07) is 15.3. The number of ether oxygens (including phenoxy) is 1. The van der Waals surface area contributed by atoms with Crippen LogP contribution in [0.1, 0.15) is 19.1 Å². The second kappa shape index (κ2) is 8.52. The summed E-state index contributed by atoms with van der Waals surface area (Å²) >= 11 is 0. The number of aryl methyl sites for hydroxylation is 1. The molecule has 2 aromatic carbocycles. The van der Waals surface area contributed by atoms with E-state index in [2.05, 4.69) is 27.5 Å². The summed E-state index contributed by atoms with van der Waals surface area (Å²) in [5, 5.41) is 27.3. The third-order valence-electron chi connectivity index (χ3n) is 4.28. The Balaban J connectivity index is 1.39. The molecule has 0 fully saturated rings. The molecular weight excluding hydrogens is 388 g/mol. The number of nitro groups is 1. The fourth-order valence-corrected chi connectivity index (χ4v) is 2.80. The maximum absolute atomic E-state index is 10.9. The Hall–Kier alpha value is -4.08. The second-order valence-corrected chi connectivity index (χ2v) is 6.51. The molecule has 0 saturated heterocycles. The number of nitrogens with zero attached hydrogens (tertiary/aromatic N) is 6. The zero-order valence-electron chi connectivity index (χ0n) is 16.1. The lowest BCUT2D eigenvalue weighted by Gasteiger charge is -2.03. The van der Waals surface area contributed by atoms with E-state index in [0.717, 1.165) is 18.5 Å². The van der Waals surface area contributed by atoms with Gasteiger partial charge in [-0.1, -0.05) is 24.2 Å². The average Bonchev–Trinajstić information content (AvgIpc) is 3.43. The summed E-state index contributed by atoms with van der Waals surface area (Å²) in [4.78, 5) is 12.0. The molecule has 4 rings (SSSR count). The molecule has 30 heavy (non-hydrogen) atoms. The molecule has 4 aromatic rings. The number of hydrogen-bond donors (Lipinski definition) is 0. The molecule has 0 aliphatic carbocycles. The van der Waals surface area contributed by atoms with Crippen molar-refractivity contribution < 1.29 is 14.2 Å². The first-order chi connectivity index (χ1) is 14.6. The molecule has 0 N–H and O–H groups in total. The van der Waals surface area contributed by atoms with Crippen LogP contribution in [0.3, 0.4) is 0 Å². The third-order valence-corrected chi connectivity index (χ3v) is 4.28. The first kappa shape index (κ1) is 19.2. The van der Waals surface area contributed by atoms with Crippen molar-refractivity contribution in [3.8, 4) is 28.4 Å². The van der Waals surface area contributed by atoms with Crippen LogP contribution in [0, 0.1) is 10.1 Å². The van der Waals surface area contributed by atoms with Crippen molar-refractivity contribution in [1.29, 1.82) is 0 Å². The van der Waals surface area contributed by atoms with E-state index < -0.39 is 4.92 Å². The van der Waals surface area contributed by atoms with E-state index in [1.165, 1.54) is 12.1 Å². The van der Waals surface area contributed by atoms with E-state index in [1.54, 1.807) is 23.0 Å². The third kappa shape index (κ3) is 4.32. The van der Waals surface area contributed by atoms with Gasteiger partial charge in [-0.3, -0.25) is 10.1 Å². The number of tetrazole rings is 1. The molecule has 10 heteroatoms. The van der Waals surface area contributed by atoms with Crippen molar-refractivity contribution in [3.63, 3.8) is 0 Å². The highest BCUT2D eigenvalue weighted by Gasteiger charge is 2.12. The summed E-state index contributed by atoms with van der Waals surface area (Å²) < 4.78 is 11.0. The number of benzene rings is 2. The van der Waals surface area contributed by atoms with Gasteiger partial charge >= 0.3 is 0 Å². The summed E-state index contributed by atoms with van der Waals surface area (Å²) in [5.74, 6) is 1.71. The van der Waals surface area contributed by atoms with E-state index in [9.17, 15) is 10.1 Å². The standard InChI is InChI=1S/C20H18N6O4/c1-2-10-25-22-20(21-24-25)14-6-8-17(9-7-14)29-13-18-12-19(23-30-18)15-4-3-5-16(11-15)26(27)28/h3-9,11-12H,2,10,13H2,1H3. The first-order valence-electron chi connectivity index (χ1n) is 9.34. The summed E-state index contributed by atoms with van der Waals surface area (Å²) in [5.41, 5.74) is 1.95. The van der Waals surface area contributed by atoms with Crippen molar-refractivity contribution >= 4 is 5.69 Å². The minimum atomic E-state index is -0.447. The van der Waals surface area contributed by atoms with Gasteiger partial charge in [-0.05, 0) is 35.9 Å². The Morgan fingerprint density at radius 2 is 1.97 bits per heavy atom. The molecular formula is C20H18N6O4. The lowest BCUT2D eigenvalue weighted by Crippen LogP contribution is -2.00. The highest BCUT2D eigenvalue weighted by atomic mass is 16.6. The molecule has 2 aromatic heterocycles. The highest BCUT2D eigenvalue weighted by Crippen LogP contribution is 2.24. The first-order valence-corrected chi connectivity index (χ1v) is 9.34. The maximum Gasteiger partial charge on any atom is 0.270 e. The predicted molar refractivity (Wildman–Crippen MR) is 106 cm³/mol. The van der Waals surface area contributed by atoms with E-state index in [-0.39, 0.29) is 12.3 Å². The molecule has 0 saturated carbocycles. The van der Waals surface area contributed by atoms with Crippen LogP contribution >= 0.6 is 0 Å². The molecule has 0 bridgehead atoms. The van der Waals surface area contributed by atoms with E-state index in [4.69, 9.17) is 9.26 Å². The van der Waals surface area contributed by atoms with Gasteiger partial charge in [0.25, 0.3) is 5.69 Å². The molecule has 0 aliphatic heterocycles. The Kier molecular flexibility index (Phi) is 5.46. The van der Waals surface area contributed by atoms with Gasteiger partial charge in [0, 0.05) is 29.3 Å². The topological polar surface area (TPSA) is 122 Å². The van der Waals surface area contributed by atoms with Crippen LogP contribution in [0.25, 0.3) is 22.6 Å². The van der Waals surface area contributed by atoms with Crippen molar-refractivity contribution in [2.75, 3.05) is 0 Å². The van der Waals surface area contributed by atoms with Crippen molar-refractivity contribution in [1.82, 2.24) is 25.4 Å². The zero-order chi connectivity index (χ0) is 20.9. The summed E-state index contributed by atoms with van der Waals surface area (Å²) in [6.45, 7) is 2.95. The van der Waals surface area contributed by atoms with Crippen LogP contribution in [0.5, 0.6) is 5.75 Å². The van der Waals surface area contributed by atoms with Gasteiger partial charge in [-0.25, -0.2) is 0 Å². The van der Waals surface area contributed by atoms with E-state index in [0.29, 0.717) is 28.6 Å². The fourth-order valence-electron chi connectivity index (χ4n) is 2.80. The minimum absolute atomic E-state index is 0.00222. The van der Waals surface area contributed by atoms with Gasteiger partial charge < -0.3 is 9.26 Å². The van der Waals surface area contributed by atoms with Crippen molar-refractivity contribution in [2.45, 2.75) is 26.5 Å². The molecule has 10 nitrogen and oxygen atoms in total. The number of hydrogen-bond acceptors (Lipinski definition) is 8. The number of nitro benzene ring substituents is 1. The van der Waals surface area contributed by atoms with Crippen molar-refractivity contribution in [2.24, 2.45) is 0 Å².